The Labute approximate surface area is 135 Å². The number of hydrogen-bond acceptors (Lipinski definition) is 5. The first-order chi connectivity index (χ1) is 8.81. The van der Waals surface area contributed by atoms with Crippen molar-refractivity contribution in [1.29, 1.82) is 0 Å². The summed E-state index contributed by atoms with van der Waals surface area (Å²) in [5.74, 6) is -0.137. The molecule has 0 aliphatic carbocycles. The largest absolute Gasteiger partial charge is 0.544 e. The zero-order chi connectivity index (χ0) is 14.6. The van der Waals surface area contributed by atoms with E-state index >= 15 is 0 Å². The van der Waals surface area contributed by atoms with Crippen molar-refractivity contribution < 1.29 is 14.8 Å². The number of aromatic carboxylic acids is 1. The average Bonchev–Trinajstić information content (AvgIpc) is 2.66. The van der Waals surface area contributed by atoms with Crippen LogP contribution in [-0.2, 0) is 0 Å². The molecule has 1 aromatic rings. The second kappa shape index (κ2) is 7.66. The maximum atomic E-state index is 10.1. The van der Waals surface area contributed by atoms with Crippen molar-refractivity contribution in [2.75, 3.05) is 26.6 Å². The van der Waals surface area contributed by atoms with Crippen LogP contribution in [0.1, 0.15) is 9.67 Å². The number of nitrogens with one attached hydrogen (secondary N) is 1. The molecule has 1 unspecified atom stereocenters. The lowest BCUT2D eigenvalue weighted by Crippen LogP contribution is -3.11. The number of halogens is 2. The zero-order valence-corrected chi connectivity index (χ0v) is 14.2. The first kappa shape index (κ1) is 17.0. The summed E-state index contributed by atoms with van der Waals surface area (Å²) < 4.78 is 1.31. The van der Waals surface area contributed by atoms with Gasteiger partial charge in [-0.25, -0.2) is 0 Å². The number of thiophene rings is 1. The predicted molar refractivity (Wildman–Crippen MR) is 83.2 cm³/mol. The number of carbonyl (C=O) groups excluding carboxylic acids is 1. The molecule has 1 aliphatic heterocycles. The van der Waals surface area contributed by atoms with Crippen molar-refractivity contribution in [3.05, 3.63) is 20.3 Å². The van der Waals surface area contributed by atoms with E-state index in [9.17, 15) is 9.90 Å². The molecule has 1 fully saturated rings. The molecule has 19 heavy (non-hydrogen) atoms. The molecule has 2 heterocycles. The summed E-state index contributed by atoms with van der Waals surface area (Å²) in [5.41, 5.74) is 0. The number of quaternary nitrogens is 1. The fourth-order valence-corrected chi connectivity index (χ4v) is 3.45. The smallest absolute Gasteiger partial charge is 0.154 e. The van der Waals surface area contributed by atoms with Gasteiger partial charge in [0.15, 0.2) is 6.67 Å². The van der Waals surface area contributed by atoms with Crippen LogP contribution in [0.2, 0.25) is 9.36 Å². The van der Waals surface area contributed by atoms with Gasteiger partial charge >= 0.3 is 0 Å². The van der Waals surface area contributed by atoms with Gasteiger partial charge in [0.1, 0.15) is 14.5 Å². The Hall–Kier alpha value is -0.0500. The molecule has 0 radical (unpaired) electrons. The van der Waals surface area contributed by atoms with E-state index in [1.54, 1.807) is 11.8 Å². The number of hydrogen-bond donors (Lipinski definition) is 1. The minimum atomic E-state index is -1.25. The summed E-state index contributed by atoms with van der Waals surface area (Å²) in [7, 11) is 4.21. The Morgan fingerprint density at radius 1 is 1.58 bits per heavy atom. The predicted octanol–water partition coefficient (Wildman–Crippen LogP) is 0.798. The maximum absolute atomic E-state index is 10.1. The van der Waals surface area contributed by atoms with Gasteiger partial charge in [-0.05, 0) is 17.8 Å². The molecule has 0 saturated carbocycles. The SMILES string of the molecule is CN1C[NH+](C)CSC1=S.O=C([O-])c1cc(Cl)c(Cl)s1. The number of thioether (sulfide) groups is 1. The lowest BCUT2D eigenvalue weighted by Gasteiger charge is -2.28. The van der Waals surface area contributed by atoms with Crippen LogP contribution in [-0.4, -0.2) is 41.8 Å². The number of carbonyl (C=O) groups is 1. The number of carboxylic acid groups (broad SMARTS) is 1. The zero-order valence-electron chi connectivity index (χ0n) is 10.2. The van der Waals surface area contributed by atoms with Crippen molar-refractivity contribution in [2.24, 2.45) is 0 Å². The topological polar surface area (TPSA) is 47.8 Å². The van der Waals surface area contributed by atoms with Gasteiger partial charge in [0, 0.05) is 7.05 Å². The van der Waals surface area contributed by atoms with E-state index in [0.29, 0.717) is 0 Å². The van der Waals surface area contributed by atoms with Crippen molar-refractivity contribution in [2.45, 2.75) is 0 Å². The van der Waals surface area contributed by atoms with Gasteiger partial charge in [0.25, 0.3) is 0 Å². The summed E-state index contributed by atoms with van der Waals surface area (Å²) in [6, 6.07) is 1.27. The Kier molecular flexibility index (Phi) is 6.85. The fourth-order valence-electron chi connectivity index (χ4n) is 1.26. The molecule has 0 amide bonds. The van der Waals surface area contributed by atoms with Gasteiger partial charge in [-0.2, -0.15) is 0 Å². The third kappa shape index (κ3) is 5.45. The van der Waals surface area contributed by atoms with E-state index in [4.69, 9.17) is 35.4 Å². The average molecular weight is 359 g/mol. The van der Waals surface area contributed by atoms with E-state index in [2.05, 4.69) is 11.9 Å². The van der Waals surface area contributed by atoms with Crippen LogP contribution in [0.4, 0.5) is 0 Å². The molecule has 0 aromatic carbocycles. The van der Waals surface area contributed by atoms with Crippen molar-refractivity contribution in [3.8, 4) is 0 Å². The standard InChI is InChI=1S/C5H2Cl2O2S.C5H10N2S2/c6-2-1-3(5(8)9)10-4(2)7;1-6-3-7(2)5(8)9-4-6/h1H,(H,8,9);3-4H2,1-2H3. The van der Waals surface area contributed by atoms with Gasteiger partial charge in [-0.3, -0.25) is 0 Å². The second-order valence-corrected chi connectivity index (χ2v) is 7.56. The molecule has 4 nitrogen and oxygen atoms in total. The van der Waals surface area contributed by atoms with Gasteiger partial charge in [-0.1, -0.05) is 35.4 Å². The highest BCUT2D eigenvalue weighted by molar-refractivity contribution is 8.22. The summed E-state index contributed by atoms with van der Waals surface area (Å²) in [6.07, 6.45) is 0. The molecule has 1 saturated heterocycles. The highest BCUT2D eigenvalue weighted by Gasteiger charge is 2.17. The van der Waals surface area contributed by atoms with E-state index < -0.39 is 5.97 Å². The van der Waals surface area contributed by atoms with E-state index in [1.165, 1.54) is 11.0 Å². The Morgan fingerprint density at radius 2 is 2.21 bits per heavy atom. The molecule has 2 rings (SSSR count). The van der Waals surface area contributed by atoms with Gasteiger partial charge in [0.2, 0.25) is 0 Å². The number of nitrogens with zero attached hydrogens (tertiary/aromatic N) is 1. The highest BCUT2D eigenvalue weighted by atomic mass is 35.5. The molecule has 1 N–H and O–H groups in total. The molecule has 1 aromatic heterocycles. The van der Waals surface area contributed by atoms with Crippen LogP contribution < -0.4 is 10.0 Å². The lowest BCUT2D eigenvalue weighted by molar-refractivity contribution is -0.875. The van der Waals surface area contributed by atoms with Crippen molar-refractivity contribution in [1.82, 2.24) is 4.90 Å². The molecule has 106 valence electrons. The minimum absolute atomic E-state index is 0.0509. The quantitative estimate of drug-likeness (QED) is 0.752. The van der Waals surface area contributed by atoms with Crippen LogP contribution in [0.15, 0.2) is 6.07 Å². The highest BCUT2D eigenvalue weighted by Crippen LogP contribution is 2.30. The van der Waals surface area contributed by atoms with E-state index in [-0.39, 0.29) is 14.2 Å². The minimum Gasteiger partial charge on any atom is -0.544 e. The molecule has 0 spiro atoms. The fraction of sp³-hybridized carbons (Fsp3) is 0.400. The molecule has 0 bridgehead atoms. The molecule has 1 aliphatic rings. The Bertz CT molecular complexity index is 462. The Balaban J connectivity index is 0.000000191. The summed E-state index contributed by atoms with van der Waals surface area (Å²) in [6.45, 7) is 1.05. The summed E-state index contributed by atoms with van der Waals surface area (Å²) in [5, 5.41) is 10.4. The van der Waals surface area contributed by atoms with Gasteiger partial charge in [-0.15, -0.1) is 11.3 Å². The van der Waals surface area contributed by atoms with Gasteiger partial charge in [0.05, 0.1) is 22.9 Å². The third-order valence-corrected chi connectivity index (χ3v) is 5.81. The normalized spacial score (nSPS) is 18.8. The van der Waals surface area contributed by atoms with Crippen LogP contribution in [0.5, 0.6) is 0 Å². The van der Waals surface area contributed by atoms with Crippen LogP contribution in [0, 0.1) is 0 Å². The van der Waals surface area contributed by atoms with Gasteiger partial charge < -0.3 is 19.7 Å². The maximum Gasteiger partial charge on any atom is 0.154 e. The monoisotopic (exact) mass is 358 g/mol. The van der Waals surface area contributed by atoms with E-state index in [0.717, 1.165) is 28.2 Å². The van der Waals surface area contributed by atoms with Crippen LogP contribution >= 0.6 is 58.5 Å². The lowest BCUT2D eigenvalue weighted by atomic mass is 10.5. The summed E-state index contributed by atoms with van der Waals surface area (Å²) in [4.78, 5) is 13.8. The molecular weight excluding hydrogens is 347 g/mol. The first-order valence-electron chi connectivity index (χ1n) is 5.16. The van der Waals surface area contributed by atoms with E-state index in [1.807, 2.05) is 7.05 Å². The Morgan fingerprint density at radius 3 is 2.53 bits per heavy atom. The molecular formula is C10H12Cl2N2O2S3. The van der Waals surface area contributed by atoms with Crippen molar-refractivity contribution in [3.63, 3.8) is 0 Å². The first-order valence-corrected chi connectivity index (χ1v) is 8.13. The third-order valence-electron chi connectivity index (χ3n) is 2.11. The number of thiocarbonyl (C=S) groups is 1. The van der Waals surface area contributed by atoms with Crippen molar-refractivity contribution >= 4 is 68.8 Å². The number of rotatable bonds is 1. The summed E-state index contributed by atoms with van der Waals surface area (Å²) >= 11 is 18.6. The second-order valence-electron chi connectivity index (χ2n) is 3.89. The molecule has 9 heteroatoms. The molecule has 1 atom stereocenters. The van der Waals surface area contributed by atoms with Crippen LogP contribution in [0.25, 0.3) is 0 Å². The van der Waals surface area contributed by atoms with Crippen LogP contribution in [0.3, 0.4) is 0 Å². The number of carboxylic acids is 1.